The Balaban J connectivity index is 2.58. The standard InChI is InChI=1S/C12H9BrFN/c1-8-4-5-15-12(6-8)10-7-9(13)2-3-11(10)14/h2-7H,1H3. The van der Waals surface area contributed by atoms with Gasteiger partial charge in [0, 0.05) is 16.2 Å². The monoisotopic (exact) mass is 265 g/mol. The highest BCUT2D eigenvalue weighted by atomic mass is 79.9. The maximum absolute atomic E-state index is 13.5. The number of aromatic nitrogens is 1. The van der Waals surface area contributed by atoms with Crippen molar-refractivity contribution in [1.82, 2.24) is 4.98 Å². The van der Waals surface area contributed by atoms with Gasteiger partial charge in [0.15, 0.2) is 0 Å². The van der Waals surface area contributed by atoms with Gasteiger partial charge in [-0.3, -0.25) is 4.98 Å². The molecular weight excluding hydrogens is 257 g/mol. The van der Waals surface area contributed by atoms with E-state index < -0.39 is 0 Å². The predicted octanol–water partition coefficient (Wildman–Crippen LogP) is 3.96. The minimum atomic E-state index is -0.253. The van der Waals surface area contributed by atoms with Crippen molar-refractivity contribution < 1.29 is 4.39 Å². The van der Waals surface area contributed by atoms with E-state index in [1.807, 2.05) is 19.1 Å². The third-order valence-electron chi connectivity index (χ3n) is 2.12. The second kappa shape index (κ2) is 4.11. The number of pyridine rings is 1. The van der Waals surface area contributed by atoms with Crippen molar-refractivity contribution >= 4 is 15.9 Å². The summed E-state index contributed by atoms with van der Waals surface area (Å²) in [5.74, 6) is -0.253. The highest BCUT2D eigenvalue weighted by Crippen LogP contribution is 2.24. The van der Waals surface area contributed by atoms with Crippen molar-refractivity contribution in [2.75, 3.05) is 0 Å². The lowest BCUT2D eigenvalue weighted by atomic mass is 10.1. The van der Waals surface area contributed by atoms with E-state index in [1.54, 1.807) is 18.3 Å². The zero-order valence-electron chi connectivity index (χ0n) is 8.17. The van der Waals surface area contributed by atoms with Crippen LogP contribution in [0.4, 0.5) is 4.39 Å². The van der Waals surface area contributed by atoms with E-state index in [0.29, 0.717) is 11.3 Å². The quantitative estimate of drug-likeness (QED) is 0.761. The van der Waals surface area contributed by atoms with Gasteiger partial charge in [0.2, 0.25) is 0 Å². The SMILES string of the molecule is Cc1ccnc(-c2cc(Br)ccc2F)c1. The lowest BCUT2D eigenvalue weighted by Gasteiger charge is -2.03. The molecule has 0 aliphatic carbocycles. The van der Waals surface area contributed by atoms with Gasteiger partial charge < -0.3 is 0 Å². The Morgan fingerprint density at radius 2 is 2.00 bits per heavy atom. The molecule has 76 valence electrons. The summed E-state index contributed by atoms with van der Waals surface area (Å²) in [6, 6.07) is 8.60. The molecule has 0 saturated carbocycles. The van der Waals surface area contributed by atoms with Crippen LogP contribution in [0.2, 0.25) is 0 Å². The van der Waals surface area contributed by atoms with E-state index >= 15 is 0 Å². The molecule has 1 aromatic carbocycles. The first kappa shape index (κ1) is 10.3. The number of nitrogens with zero attached hydrogens (tertiary/aromatic N) is 1. The Morgan fingerprint density at radius 3 is 2.73 bits per heavy atom. The van der Waals surface area contributed by atoms with Crippen LogP contribution in [0.25, 0.3) is 11.3 Å². The molecule has 2 aromatic rings. The van der Waals surface area contributed by atoms with E-state index in [1.165, 1.54) is 6.07 Å². The molecule has 0 N–H and O–H groups in total. The van der Waals surface area contributed by atoms with Crippen LogP contribution < -0.4 is 0 Å². The summed E-state index contributed by atoms with van der Waals surface area (Å²) in [4.78, 5) is 4.15. The molecular formula is C12H9BrFN. The van der Waals surface area contributed by atoms with Gasteiger partial charge in [0.25, 0.3) is 0 Å². The molecule has 15 heavy (non-hydrogen) atoms. The number of hydrogen-bond acceptors (Lipinski definition) is 1. The van der Waals surface area contributed by atoms with Crippen molar-refractivity contribution in [3.05, 3.63) is 52.4 Å². The molecule has 0 radical (unpaired) electrons. The smallest absolute Gasteiger partial charge is 0.132 e. The maximum atomic E-state index is 13.5. The molecule has 0 atom stereocenters. The number of rotatable bonds is 1. The van der Waals surface area contributed by atoms with Crippen LogP contribution in [0.15, 0.2) is 41.0 Å². The van der Waals surface area contributed by atoms with Gasteiger partial charge in [0.1, 0.15) is 5.82 Å². The van der Waals surface area contributed by atoms with Gasteiger partial charge in [0.05, 0.1) is 5.69 Å². The number of aryl methyl sites for hydroxylation is 1. The van der Waals surface area contributed by atoms with Crippen LogP contribution in [-0.4, -0.2) is 4.98 Å². The molecule has 1 aromatic heterocycles. The minimum absolute atomic E-state index is 0.253. The van der Waals surface area contributed by atoms with Crippen LogP contribution >= 0.6 is 15.9 Å². The second-order valence-electron chi connectivity index (χ2n) is 3.34. The summed E-state index contributed by atoms with van der Waals surface area (Å²) in [5, 5.41) is 0. The predicted molar refractivity (Wildman–Crippen MR) is 62.1 cm³/mol. The molecule has 0 saturated heterocycles. The fourth-order valence-corrected chi connectivity index (χ4v) is 1.74. The van der Waals surface area contributed by atoms with Crippen molar-refractivity contribution in [2.24, 2.45) is 0 Å². The molecule has 3 heteroatoms. The second-order valence-corrected chi connectivity index (χ2v) is 4.26. The van der Waals surface area contributed by atoms with Gasteiger partial charge >= 0.3 is 0 Å². The van der Waals surface area contributed by atoms with Crippen molar-refractivity contribution in [3.63, 3.8) is 0 Å². The molecule has 1 nitrogen and oxygen atoms in total. The van der Waals surface area contributed by atoms with E-state index in [4.69, 9.17) is 0 Å². The summed E-state index contributed by atoms with van der Waals surface area (Å²) in [5.41, 5.74) is 2.25. The molecule has 0 spiro atoms. The Labute approximate surface area is 96.1 Å². The van der Waals surface area contributed by atoms with Crippen LogP contribution in [0, 0.1) is 12.7 Å². The third kappa shape index (κ3) is 2.23. The number of halogens is 2. The van der Waals surface area contributed by atoms with Crippen molar-refractivity contribution in [2.45, 2.75) is 6.92 Å². The first-order valence-electron chi connectivity index (χ1n) is 4.55. The summed E-state index contributed by atoms with van der Waals surface area (Å²) < 4.78 is 14.4. The lowest BCUT2D eigenvalue weighted by molar-refractivity contribution is 0.630. The average molecular weight is 266 g/mol. The zero-order chi connectivity index (χ0) is 10.8. The Hall–Kier alpha value is -1.22. The highest BCUT2D eigenvalue weighted by Gasteiger charge is 2.06. The van der Waals surface area contributed by atoms with Crippen LogP contribution in [-0.2, 0) is 0 Å². The summed E-state index contributed by atoms with van der Waals surface area (Å²) in [7, 11) is 0. The van der Waals surface area contributed by atoms with Gasteiger partial charge in [-0.1, -0.05) is 15.9 Å². The summed E-state index contributed by atoms with van der Waals surface area (Å²) in [6.07, 6.45) is 1.69. The zero-order valence-corrected chi connectivity index (χ0v) is 9.75. The maximum Gasteiger partial charge on any atom is 0.132 e. The molecule has 0 amide bonds. The van der Waals surface area contributed by atoms with Gasteiger partial charge in [-0.05, 0) is 42.8 Å². The Bertz CT molecular complexity index is 497. The van der Waals surface area contributed by atoms with Crippen LogP contribution in [0.5, 0.6) is 0 Å². The van der Waals surface area contributed by atoms with Crippen LogP contribution in [0.1, 0.15) is 5.56 Å². The van der Waals surface area contributed by atoms with Crippen molar-refractivity contribution in [1.29, 1.82) is 0 Å². The Morgan fingerprint density at radius 1 is 1.20 bits per heavy atom. The first-order chi connectivity index (χ1) is 7.16. The minimum Gasteiger partial charge on any atom is -0.256 e. The first-order valence-corrected chi connectivity index (χ1v) is 5.34. The normalized spacial score (nSPS) is 10.3. The molecule has 0 bridgehead atoms. The largest absolute Gasteiger partial charge is 0.256 e. The molecule has 0 aliphatic heterocycles. The van der Waals surface area contributed by atoms with E-state index in [9.17, 15) is 4.39 Å². The van der Waals surface area contributed by atoms with E-state index in [2.05, 4.69) is 20.9 Å². The molecule has 1 heterocycles. The van der Waals surface area contributed by atoms with Gasteiger partial charge in [-0.2, -0.15) is 0 Å². The van der Waals surface area contributed by atoms with Crippen LogP contribution in [0.3, 0.4) is 0 Å². The van der Waals surface area contributed by atoms with Gasteiger partial charge in [-0.25, -0.2) is 4.39 Å². The number of hydrogen-bond donors (Lipinski definition) is 0. The summed E-state index contributed by atoms with van der Waals surface area (Å²) in [6.45, 7) is 1.96. The number of benzene rings is 1. The molecule has 0 aliphatic rings. The fraction of sp³-hybridized carbons (Fsp3) is 0.0833. The molecule has 0 fully saturated rings. The fourth-order valence-electron chi connectivity index (χ4n) is 1.38. The Kier molecular flexibility index (Phi) is 2.82. The van der Waals surface area contributed by atoms with E-state index in [0.717, 1.165) is 10.0 Å². The third-order valence-corrected chi connectivity index (χ3v) is 2.61. The van der Waals surface area contributed by atoms with E-state index in [-0.39, 0.29) is 5.82 Å². The van der Waals surface area contributed by atoms with Crippen molar-refractivity contribution in [3.8, 4) is 11.3 Å². The molecule has 2 rings (SSSR count). The topological polar surface area (TPSA) is 12.9 Å². The average Bonchev–Trinajstić information content (AvgIpc) is 2.22. The highest BCUT2D eigenvalue weighted by molar-refractivity contribution is 9.10. The lowest BCUT2D eigenvalue weighted by Crippen LogP contribution is -1.88. The van der Waals surface area contributed by atoms with Gasteiger partial charge in [-0.15, -0.1) is 0 Å². The summed E-state index contributed by atoms with van der Waals surface area (Å²) >= 11 is 3.32. The molecule has 0 unspecified atom stereocenters.